The summed E-state index contributed by atoms with van der Waals surface area (Å²) in [5, 5.41) is 0. The molecule has 0 atom stereocenters. The van der Waals surface area contributed by atoms with Crippen molar-refractivity contribution < 1.29 is 18.9 Å². The van der Waals surface area contributed by atoms with Crippen LogP contribution in [0.15, 0.2) is 12.2 Å². The Bertz CT molecular complexity index is 259. The molecule has 82 valence electrons. The van der Waals surface area contributed by atoms with Crippen molar-refractivity contribution in [2.45, 2.75) is 13.2 Å². The molecule has 1 heterocycles. The Morgan fingerprint density at radius 2 is 1.87 bits per heavy atom. The fourth-order valence-corrected chi connectivity index (χ4v) is 1.23. The number of hydrogen-bond donors (Lipinski definition) is 0. The second-order valence-corrected chi connectivity index (χ2v) is 3.39. The highest BCUT2D eigenvalue weighted by molar-refractivity contribution is 6.49. The first-order valence-corrected chi connectivity index (χ1v) is 4.80. The van der Waals surface area contributed by atoms with Crippen LogP contribution in [0.25, 0.3) is 0 Å². The van der Waals surface area contributed by atoms with Crippen LogP contribution in [0.2, 0.25) is 6.32 Å². The van der Waals surface area contributed by atoms with Gasteiger partial charge in [-0.25, -0.2) is 0 Å². The molecule has 0 radical (unpaired) electrons. The Morgan fingerprint density at radius 1 is 1.33 bits per heavy atom. The summed E-state index contributed by atoms with van der Waals surface area (Å²) in [4.78, 5) is 24.0. The molecular weight excluding hydrogens is 197 g/mol. The van der Waals surface area contributed by atoms with Crippen molar-refractivity contribution in [2.24, 2.45) is 0 Å². The molecule has 6 heteroatoms. The molecule has 0 aromatic carbocycles. The fraction of sp³-hybridized carbons (Fsp3) is 0.556. The minimum absolute atomic E-state index is 0.113. The van der Waals surface area contributed by atoms with E-state index >= 15 is 0 Å². The van der Waals surface area contributed by atoms with Crippen LogP contribution in [0.5, 0.6) is 0 Å². The van der Waals surface area contributed by atoms with E-state index in [1.54, 1.807) is 18.0 Å². The van der Waals surface area contributed by atoms with Crippen LogP contribution < -0.4 is 0 Å². The van der Waals surface area contributed by atoms with Gasteiger partial charge < -0.3 is 9.31 Å². The molecule has 0 aromatic rings. The lowest BCUT2D eigenvalue weighted by atomic mass is 9.84. The van der Waals surface area contributed by atoms with Gasteiger partial charge in [0.15, 0.2) is 0 Å². The third kappa shape index (κ3) is 4.16. The first-order valence-electron chi connectivity index (χ1n) is 4.80. The first-order chi connectivity index (χ1) is 7.11. The Kier molecular flexibility index (Phi) is 4.36. The van der Waals surface area contributed by atoms with E-state index in [1.807, 2.05) is 13.0 Å². The zero-order chi connectivity index (χ0) is 11.3. The van der Waals surface area contributed by atoms with E-state index in [1.165, 1.54) is 0 Å². The van der Waals surface area contributed by atoms with Crippen molar-refractivity contribution in [3.05, 3.63) is 12.2 Å². The molecule has 5 nitrogen and oxygen atoms in total. The first kappa shape index (κ1) is 11.8. The lowest BCUT2D eigenvalue weighted by Gasteiger charge is -2.21. The zero-order valence-electron chi connectivity index (χ0n) is 8.93. The quantitative estimate of drug-likeness (QED) is 0.478. The second-order valence-electron chi connectivity index (χ2n) is 3.39. The average molecular weight is 211 g/mol. The topological polar surface area (TPSA) is 55.8 Å². The lowest BCUT2D eigenvalue weighted by molar-refractivity contribution is -0.145. The van der Waals surface area contributed by atoms with Crippen LogP contribution in [0.1, 0.15) is 6.92 Å². The molecule has 1 aliphatic rings. The second kappa shape index (κ2) is 5.55. The number of carbonyl (C=O) groups is 2. The molecule has 0 spiro atoms. The SMILES string of the molecule is C/C=C/CB1OC(=O)CN(C)CC(=O)O1. The van der Waals surface area contributed by atoms with Gasteiger partial charge in [-0.1, -0.05) is 12.2 Å². The van der Waals surface area contributed by atoms with E-state index in [9.17, 15) is 9.59 Å². The van der Waals surface area contributed by atoms with E-state index in [0.717, 1.165) is 0 Å². The maximum atomic E-state index is 11.2. The summed E-state index contributed by atoms with van der Waals surface area (Å²) in [6.45, 7) is 2.07. The molecule has 0 amide bonds. The van der Waals surface area contributed by atoms with Gasteiger partial charge in [0.2, 0.25) is 0 Å². The van der Waals surface area contributed by atoms with Crippen molar-refractivity contribution in [1.29, 1.82) is 0 Å². The van der Waals surface area contributed by atoms with Crippen LogP contribution in [-0.2, 0) is 18.9 Å². The number of likely N-dealkylation sites (N-methyl/N-ethyl adjacent to an activating group) is 1. The fourth-order valence-electron chi connectivity index (χ4n) is 1.23. The molecule has 1 fully saturated rings. The van der Waals surface area contributed by atoms with Crippen molar-refractivity contribution >= 4 is 19.1 Å². The van der Waals surface area contributed by atoms with Gasteiger partial charge in [-0.2, -0.15) is 0 Å². The zero-order valence-corrected chi connectivity index (χ0v) is 8.93. The summed E-state index contributed by atoms with van der Waals surface area (Å²) in [5.74, 6) is -0.751. The molecular formula is C9H14BNO4. The third-order valence-corrected chi connectivity index (χ3v) is 1.89. The van der Waals surface area contributed by atoms with Gasteiger partial charge in [-0.15, -0.1) is 0 Å². The van der Waals surface area contributed by atoms with Gasteiger partial charge in [0.05, 0.1) is 13.1 Å². The van der Waals surface area contributed by atoms with E-state index in [0.29, 0.717) is 6.32 Å². The minimum Gasteiger partial charge on any atom is -0.498 e. The van der Waals surface area contributed by atoms with Gasteiger partial charge >= 0.3 is 19.1 Å². The standard InChI is InChI=1S/C9H14BNO4/c1-3-4-5-10-14-8(12)6-11(2)7-9(13)15-10/h3-4H,5-7H2,1-2H3/b4-3+. The van der Waals surface area contributed by atoms with Gasteiger partial charge in [-0.3, -0.25) is 14.5 Å². The summed E-state index contributed by atoms with van der Waals surface area (Å²) in [7, 11) is 0.879. The number of carbonyl (C=O) groups excluding carboxylic acids is 2. The number of allylic oxidation sites excluding steroid dienone is 2. The predicted molar refractivity (Wildman–Crippen MR) is 55.1 cm³/mol. The average Bonchev–Trinajstić information content (AvgIpc) is 2.11. The van der Waals surface area contributed by atoms with Crippen molar-refractivity contribution in [1.82, 2.24) is 4.90 Å². The number of rotatable bonds is 2. The van der Waals surface area contributed by atoms with Gasteiger partial charge in [0.25, 0.3) is 0 Å². The van der Waals surface area contributed by atoms with Gasteiger partial charge in [0, 0.05) is 6.32 Å². The summed E-state index contributed by atoms with van der Waals surface area (Å²) in [5.41, 5.74) is 0. The summed E-state index contributed by atoms with van der Waals surface area (Å²) in [6.07, 6.45) is 4.00. The Balaban J connectivity index is 2.57. The van der Waals surface area contributed by atoms with E-state index in [-0.39, 0.29) is 25.0 Å². The molecule has 15 heavy (non-hydrogen) atoms. The Labute approximate surface area is 89.2 Å². The van der Waals surface area contributed by atoms with E-state index < -0.39 is 7.12 Å². The molecule has 0 saturated carbocycles. The smallest absolute Gasteiger partial charge is 0.498 e. The van der Waals surface area contributed by atoms with Crippen molar-refractivity contribution in [3.8, 4) is 0 Å². The molecule has 0 N–H and O–H groups in total. The predicted octanol–water partition coefficient (Wildman–Crippen LogP) is 0.0825. The molecule has 0 unspecified atom stereocenters. The summed E-state index contributed by atoms with van der Waals surface area (Å²) in [6, 6.07) is 0. The molecule has 0 aromatic heterocycles. The van der Waals surface area contributed by atoms with Crippen LogP contribution in [-0.4, -0.2) is 44.1 Å². The largest absolute Gasteiger partial charge is 0.602 e. The highest BCUT2D eigenvalue weighted by Gasteiger charge is 2.30. The normalized spacial score (nSPS) is 19.7. The number of nitrogens with zero attached hydrogens (tertiary/aromatic N) is 1. The van der Waals surface area contributed by atoms with Crippen molar-refractivity contribution in [2.75, 3.05) is 20.1 Å². The summed E-state index contributed by atoms with van der Waals surface area (Å²) >= 11 is 0. The summed E-state index contributed by atoms with van der Waals surface area (Å²) < 4.78 is 9.92. The van der Waals surface area contributed by atoms with E-state index in [4.69, 9.17) is 9.31 Å². The lowest BCUT2D eigenvalue weighted by Crippen LogP contribution is -2.42. The molecule has 1 aliphatic heterocycles. The molecule has 1 saturated heterocycles. The number of hydrogen-bond acceptors (Lipinski definition) is 5. The van der Waals surface area contributed by atoms with Crippen LogP contribution >= 0.6 is 0 Å². The van der Waals surface area contributed by atoms with Crippen LogP contribution in [0.4, 0.5) is 0 Å². The molecule has 0 bridgehead atoms. The van der Waals surface area contributed by atoms with Crippen LogP contribution in [0, 0.1) is 0 Å². The maximum absolute atomic E-state index is 11.2. The van der Waals surface area contributed by atoms with Gasteiger partial charge in [-0.05, 0) is 14.0 Å². The van der Waals surface area contributed by atoms with Crippen LogP contribution in [0.3, 0.4) is 0 Å². The Morgan fingerprint density at radius 3 is 2.33 bits per heavy atom. The monoisotopic (exact) mass is 211 g/mol. The minimum atomic E-state index is -0.783. The maximum Gasteiger partial charge on any atom is 0.602 e. The molecule has 1 rings (SSSR count). The highest BCUT2D eigenvalue weighted by atomic mass is 16.6. The van der Waals surface area contributed by atoms with Crippen molar-refractivity contribution in [3.63, 3.8) is 0 Å². The Hall–Kier alpha value is -1.30. The van der Waals surface area contributed by atoms with E-state index in [2.05, 4.69) is 0 Å². The highest BCUT2D eigenvalue weighted by Crippen LogP contribution is 2.04. The third-order valence-electron chi connectivity index (χ3n) is 1.89. The molecule has 0 aliphatic carbocycles. The van der Waals surface area contributed by atoms with Gasteiger partial charge in [0.1, 0.15) is 0 Å².